The van der Waals surface area contributed by atoms with Gasteiger partial charge in [-0.25, -0.2) is 17.5 Å². The molecular weight excluding hydrogens is 339 g/mol. The van der Waals surface area contributed by atoms with Gasteiger partial charge in [0.25, 0.3) is 0 Å². The Kier molecular flexibility index (Phi) is 5.71. The molecule has 1 fully saturated rings. The van der Waals surface area contributed by atoms with Crippen LogP contribution in [0.3, 0.4) is 0 Å². The smallest absolute Gasteiger partial charge is 0.215 e. The van der Waals surface area contributed by atoms with Crippen molar-refractivity contribution in [3.05, 3.63) is 65.5 Å². The molecule has 2 aromatic rings. The third kappa shape index (κ3) is 5.28. The first-order chi connectivity index (χ1) is 12.0. The number of benzene rings is 2. The van der Waals surface area contributed by atoms with E-state index in [1.807, 2.05) is 0 Å². The van der Waals surface area contributed by atoms with Crippen molar-refractivity contribution in [3.63, 3.8) is 0 Å². The van der Waals surface area contributed by atoms with Crippen LogP contribution in [0.4, 0.5) is 10.1 Å². The molecular formula is C19H23FN2O2S. The SMILES string of the molecule is O=S(=O)(Cc1ccc(F)cc1)NCCc1ccc(N2CCCC2)cc1. The molecule has 1 aliphatic rings. The van der Waals surface area contributed by atoms with Gasteiger partial charge in [0.1, 0.15) is 5.82 Å². The van der Waals surface area contributed by atoms with E-state index in [1.165, 1.54) is 42.8 Å². The van der Waals surface area contributed by atoms with Crippen LogP contribution < -0.4 is 9.62 Å². The number of halogens is 1. The number of sulfonamides is 1. The molecule has 2 aromatic carbocycles. The van der Waals surface area contributed by atoms with Crippen LogP contribution in [0.1, 0.15) is 24.0 Å². The van der Waals surface area contributed by atoms with Crippen LogP contribution in [0.25, 0.3) is 0 Å². The van der Waals surface area contributed by atoms with Gasteiger partial charge in [-0.15, -0.1) is 0 Å². The van der Waals surface area contributed by atoms with Crippen molar-refractivity contribution in [1.29, 1.82) is 0 Å². The molecule has 134 valence electrons. The molecule has 1 heterocycles. The zero-order valence-corrected chi connectivity index (χ0v) is 14.9. The molecule has 0 bridgehead atoms. The first-order valence-corrected chi connectivity index (χ1v) is 10.2. The first-order valence-electron chi connectivity index (χ1n) is 8.57. The summed E-state index contributed by atoms with van der Waals surface area (Å²) in [4.78, 5) is 2.37. The van der Waals surface area contributed by atoms with E-state index < -0.39 is 10.0 Å². The summed E-state index contributed by atoms with van der Waals surface area (Å²) in [6, 6.07) is 13.8. The molecule has 0 unspecified atom stereocenters. The second-order valence-corrected chi connectivity index (χ2v) is 8.20. The van der Waals surface area contributed by atoms with Gasteiger partial charge in [0.05, 0.1) is 5.75 Å². The van der Waals surface area contributed by atoms with Gasteiger partial charge in [-0.1, -0.05) is 24.3 Å². The van der Waals surface area contributed by atoms with E-state index in [0.29, 0.717) is 18.5 Å². The molecule has 0 atom stereocenters. The molecule has 0 radical (unpaired) electrons. The molecule has 25 heavy (non-hydrogen) atoms. The molecule has 4 nitrogen and oxygen atoms in total. The fourth-order valence-electron chi connectivity index (χ4n) is 3.05. The minimum absolute atomic E-state index is 0.138. The number of rotatable bonds is 7. The molecule has 6 heteroatoms. The maximum absolute atomic E-state index is 12.9. The Morgan fingerprint density at radius 1 is 0.920 bits per heavy atom. The molecule has 3 rings (SSSR count). The fourth-order valence-corrected chi connectivity index (χ4v) is 4.20. The number of nitrogens with one attached hydrogen (secondary N) is 1. The van der Waals surface area contributed by atoms with Crippen molar-refractivity contribution in [2.24, 2.45) is 0 Å². The van der Waals surface area contributed by atoms with Crippen molar-refractivity contribution in [2.45, 2.75) is 25.0 Å². The van der Waals surface area contributed by atoms with Gasteiger partial charge < -0.3 is 4.90 Å². The predicted octanol–water partition coefficient (Wildman–Crippen LogP) is 3.09. The first kappa shape index (κ1) is 17.9. The normalized spacial score (nSPS) is 14.8. The highest BCUT2D eigenvalue weighted by molar-refractivity contribution is 7.88. The minimum atomic E-state index is -3.42. The van der Waals surface area contributed by atoms with Crippen LogP contribution in [0.5, 0.6) is 0 Å². The number of hydrogen-bond acceptors (Lipinski definition) is 3. The fraction of sp³-hybridized carbons (Fsp3) is 0.368. The van der Waals surface area contributed by atoms with Gasteiger partial charge in [-0.05, 0) is 54.7 Å². The number of hydrogen-bond donors (Lipinski definition) is 1. The van der Waals surface area contributed by atoms with E-state index >= 15 is 0 Å². The third-order valence-corrected chi connectivity index (χ3v) is 5.77. The summed E-state index contributed by atoms with van der Waals surface area (Å²) in [7, 11) is -3.42. The number of anilines is 1. The molecule has 1 aliphatic heterocycles. The summed E-state index contributed by atoms with van der Waals surface area (Å²) in [6.07, 6.45) is 3.14. The minimum Gasteiger partial charge on any atom is -0.372 e. The van der Waals surface area contributed by atoms with E-state index in [9.17, 15) is 12.8 Å². The van der Waals surface area contributed by atoms with Crippen molar-refractivity contribution in [3.8, 4) is 0 Å². The van der Waals surface area contributed by atoms with Gasteiger partial charge in [-0.2, -0.15) is 0 Å². The highest BCUT2D eigenvalue weighted by atomic mass is 32.2. The van der Waals surface area contributed by atoms with Crippen molar-refractivity contribution in [2.75, 3.05) is 24.5 Å². The number of nitrogens with zero attached hydrogens (tertiary/aromatic N) is 1. The summed E-state index contributed by atoms with van der Waals surface area (Å²) < 4.78 is 39.7. The molecule has 0 amide bonds. The quantitative estimate of drug-likeness (QED) is 0.823. The summed E-state index contributed by atoms with van der Waals surface area (Å²) in [5.41, 5.74) is 2.91. The van der Waals surface area contributed by atoms with E-state index in [2.05, 4.69) is 33.9 Å². The van der Waals surface area contributed by atoms with E-state index in [0.717, 1.165) is 18.7 Å². The van der Waals surface area contributed by atoms with Crippen LogP contribution >= 0.6 is 0 Å². The Morgan fingerprint density at radius 3 is 2.16 bits per heavy atom. The molecule has 0 aromatic heterocycles. The van der Waals surface area contributed by atoms with Gasteiger partial charge in [0, 0.05) is 25.3 Å². The Bertz CT molecular complexity index is 783. The largest absolute Gasteiger partial charge is 0.372 e. The molecule has 0 saturated carbocycles. The zero-order valence-electron chi connectivity index (χ0n) is 14.1. The van der Waals surface area contributed by atoms with Gasteiger partial charge in [0.2, 0.25) is 10.0 Å². The lowest BCUT2D eigenvalue weighted by Gasteiger charge is -2.17. The Hall–Kier alpha value is -1.92. The Morgan fingerprint density at radius 2 is 1.52 bits per heavy atom. The average Bonchev–Trinajstić information content (AvgIpc) is 3.12. The molecule has 1 N–H and O–H groups in total. The van der Waals surface area contributed by atoms with Crippen molar-refractivity contribution < 1.29 is 12.8 Å². The lowest BCUT2D eigenvalue weighted by atomic mass is 10.1. The summed E-state index contributed by atoms with van der Waals surface area (Å²) in [6.45, 7) is 2.58. The second-order valence-electron chi connectivity index (χ2n) is 6.39. The maximum Gasteiger partial charge on any atom is 0.215 e. The van der Waals surface area contributed by atoms with E-state index in [4.69, 9.17) is 0 Å². The molecule has 0 spiro atoms. The highest BCUT2D eigenvalue weighted by Crippen LogP contribution is 2.20. The standard InChI is InChI=1S/C19H23FN2O2S/c20-18-7-3-17(4-8-18)15-25(23,24)21-12-11-16-5-9-19(10-6-16)22-13-1-2-14-22/h3-10,21H,1-2,11-15H2. The zero-order chi connectivity index (χ0) is 17.7. The van der Waals surface area contributed by atoms with Crippen LogP contribution in [-0.2, 0) is 22.2 Å². The van der Waals surface area contributed by atoms with Crippen LogP contribution in [0.15, 0.2) is 48.5 Å². The summed E-state index contributed by atoms with van der Waals surface area (Å²) >= 11 is 0. The lowest BCUT2D eigenvalue weighted by Crippen LogP contribution is -2.27. The van der Waals surface area contributed by atoms with E-state index in [1.54, 1.807) is 0 Å². The highest BCUT2D eigenvalue weighted by Gasteiger charge is 2.13. The monoisotopic (exact) mass is 362 g/mol. The van der Waals surface area contributed by atoms with Crippen molar-refractivity contribution >= 4 is 15.7 Å². The van der Waals surface area contributed by atoms with E-state index in [-0.39, 0.29) is 11.6 Å². The van der Waals surface area contributed by atoms with Gasteiger partial charge >= 0.3 is 0 Å². The average molecular weight is 362 g/mol. The maximum atomic E-state index is 12.9. The van der Waals surface area contributed by atoms with Gasteiger partial charge in [0.15, 0.2) is 0 Å². The summed E-state index contributed by atoms with van der Waals surface area (Å²) in [5.74, 6) is -0.507. The van der Waals surface area contributed by atoms with Crippen LogP contribution in [-0.4, -0.2) is 28.1 Å². The van der Waals surface area contributed by atoms with Crippen LogP contribution in [0, 0.1) is 5.82 Å². The van der Waals surface area contributed by atoms with Gasteiger partial charge in [-0.3, -0.25) is 0 Å². The van der Waals surface area contributed by atoms with Crippen LogP contribution in [0.2, 0.25) is 0 Å². The lowest BCUT2D eigenvalue weighted by molar-refractivity contribution is 0.580. The molecule has 0 aliphatic carbocycles. The third-order valence-electron chi connectivity index (χ3n) is 4.41. The Labute approximate surface area is 148 Å². The Balaban J connectivity index is 1.48. The topological polar surface area (TPSA) is 49.4 Å². The summed E-state index contributed by atoms with van der Waals surface area (Å²) in [5, 5.41) is 0. The van der Waals surface area contributed by atoms with Crippen molar-refractivity contribution in [1.82, 2.24) is 4.72 Å². The second kappa shape index (κ2) is 7.97. The predicted molar refractivity (Wildman–Crippen MR) is 98.6 cm³/mol. The molecule has 1 saturated heterocycles.